The lowest BCUT2D eigenvalue weighted by Crippen LogP contribution is -2.38. The highest BCUT2D eigenvalue weighted by Gasteiger charge is 2.33. The van der Waals surface area contributed by atoms with Gasteiger partial charge in [0, 0.05) is 5.56 Å². The smallest absolute Gasteiger partial charge is 0.127 e. The summed E-state index contributed by atoms with van der Waals surface area (Å²) >= 11 is 0. The van der Waals surface area contributed by atoms with Gasteiger partial charge in [-0.25, -0.2) is 0 Å². The fourth-order valence-electron chi connectivity index (χ4n) is 2.49. The molecule has 0 fully saturated rings. The number of hydrogen-bond acceptors (Lipinski definition) is 2. The zero-order chi connectivity index (χ0) is 11.8. The predicted molar refractivity (Wildman–Crippen MR) is 65.1 cm³/mol. The van der Waals surface area contributed by atoms with Gasteiger partial charge in [0.25, 0.3) is 0 Å². The number of aromatic hydroxyl groups is 1. The Morgan fingerprint density at radius 3 is 2.62 bits per heavy atom. The minimum absolute atomic E-state index is 0.0206. The molecule has 0 bridgehead atoms. The molecule has 1 aliphatic heterocycles. The van der Waals surface area contributed by atoms with Gasteiger partial charge in [0.1, 0.15) is 17.1 Å². The summed E-state index contributed by atoms with van der Waals surface area (Å²) in [6, 6.07) is 3.85. The highest BCUT2D eigenvalue weighted by molar-refractivity contribution is 5.48. The van der Waals surface area contributed by atoms with Crippen molar-refractivity contribution in [2.45, 2.75) is 52.1 Å². The van der Waals surface area contributed by atoms with E-state index in [4.69, 9.17) is 4.74 Å². The molecular weight excluding hydrogens is 200 g/mol. The Morgan fingerprint density at radius 1 is 1.31 bits per heavy atom. The van der Waals surface area contributed by atoms with E-state index >= 15 is 0 Å². The molecule has 2 heteroatoms. The number of ether oxygens (including phenoxy) is 1. The number of phenols is 1. The number of fused-ring (bicyclic) bond motifs is 1. The molecule has 0 saturated heterocycles. The summed E-state index contributed by atoms with van der Waals surface area (Å²) in [5.74, 6) is 1.27. The lowest BCUT2D eigenvalue weighted by Gasteiger charge is -2.37. The van der Waals surface area contributed by atoms with Crippen LogP contribution in [-0.4, -0.2) is 10.7 Å². The van der Waals surface area contributed by atoms with Crippen LogP contribution in [0.2, 0.25) is 0 Å². The summed E-state index contributed by atoms with van der Waals surface area (Å²) in [4.78, 5) is 0. The van der Waals surface area contributed by atoms with Crippen molar-refractivity contribution in [1.82, 2.24) is 0 Å². The first-order valence-corrected chi connectivity index (χ1v) is 6.11. The van der Waals surface area contributed by atoms with Crippen LogP contribution in [-0.2, 0) is 6.42 Å². The van der Waals surface area contributed by atoms with Gasteiger partial charge in [-0.1, -0.05) is 13.8 Å². The molecule has 2 rings (SSSR count). The molecule has 0 spiro atoms. The van der Waals surface area contributed by atoms with Gasteiger partial charge in [-0.2, -0.15) is 0 Å². The first kappa shape index (κ1) is 11.3. The van der Waals surface area contributed by atoms with Crippen molar-refractivity contribution in [3.8, 4) is 11.5 Å². The Morgan fingerprint density at radius 2 is 2.00 bits per heavy atom. The summed E-state index contributed by atoms with van der Waals surface area (Å²) in [5.41, 5.74) is 2.01. The van der Waals surface area contributed by atoms with Gasteiger partial charge in [-0.15, -0.1) is 0 Å². The number of benzene rings is 1. The molecule has 88 valence electrons. The number of rotatable bonds is 2. The fourth-order valence-corrected chi connectivity index (χ4v) is 2.49. The summed E-state index contributed by atoms with van der Waals surface area (Å²) in [6.45, 7) is 6.33. The van der Waals surface area contributed by atoms with Gasteiger partial charge >= 0.3 is 0 Å². The van der Waals surface area contributed by atoms with Crippen LogP contribution in [0.5, 0.6) is 11.5 Å². The second-order valence-electron chi connectivity index (χ2n) is 4.75. The Hall–Kier alpha value is -1.18. The molecule has 0 atom stereocenters. The van der Waals surface area contributed by atoms with E-state index in [-0.39, 0.29) is 5.60 Å². The second-order valence-corrected chi connectivity index (χ2v) is 4.75. The Labute approximate surface area is 97.3 Å². The van der Waals surface area contributed by atoms with E-state index in [9.17, 15) is 5.11 Å². The monoisotopic (exact) mass is 220 g/mol. The summed E-state index contributed by atoms with van der Waals surface area (Å²) < 4.78 is 6.12. The van der Waals surface area contributed by atoms with Gasteiger partial charge in [0.2, 0.25) is 0 Å². The molecule has 2 nitrogen and oxygen atoms in total. The van der Waals surface area contributed by atoms with Gasteiger partial charge < -0.3 is 9.84 Å². The molecule has 1 aliphatic rings. The van der Waals surface area contributed by atoms with Crippen molar-refractivity contribution in [3.05, 3.63) is 23.3 Å². The molecule has 1 aromatic carbocycles. The Bertz CT molecular complexity index is 392. The average Bonchev–Trinajstić information content (AvgIpc) is 2.27. The van der Waals surface area contributed by atoms with Crippen LogP contribution in [0.25, 0.3) is 0 Å². The van der Waals surface area contributed by atoms with E-state index in [1.54, 1.807) is 0 Å². The lowest BCUT2D eigenvalue weighted by atomic mass is 9.86. The van der Waals surface area contributed by atoms with Gasteiger partial charge in [-0.3, -0.25) is 0 Å². The normalized spacial score (nSPS) is 17.7. The van der Waals surface area contributed by atoms with Gasteiger partial charge in [0.15, 0.2) is 0 Å². The maximum atomic E-state index is 9.87. The molecule has 1 N–H and O–H groups in total. The van der Waals surface area contributed by atoms with Crippen LogP contribution >= 0.6 is 0 Å². The minimum atomic E-state index is -0.0206. The van der Waals surface area contributed by atoms with Crippen molar-refractivity contribution in [1.29, 1.82) is 0 Å². The van der Waals surface area contributed by atoms with E-state index in [1.165, 1.54) is 0 Å². The Kier molecular flexibility index (Phi) is 2.83. The third-order valence-electron chi connectivity index (χ3n) is 3.78. The molecule has 1 heterocycles. The quantitative estimate of drug-likeness (QED) is 0.825. The van der Waals surface area contributed by atoms with Crippen LogP contribution in [0.4, 0.5) is 0 Å². The highest BCUT2D eigenvalue weighted by Crippen LogP contribution is 2.41. The van der Waals surface area contributed by atoms with Crippen molar-refractivity contribution in [2.24, 2.45) is 0 Å². The SMILES string of the molecule is CCC1(CC)CCc2c(O)cc(C)cc2O1. The van der Waals surface area contributed by atoms with Gasteiger partial charge in [-0.05, 0) is 50.3 Å². The first-order chi connectivity index (χ1) is 7.60. The molecular formula is C14H20O2. The molecule has 0 saturated carbocycles. The second kappa shape index (κ2) is 4.00. The maximum absolute atomic E-state index is 9.87. The van der Waals surface area contributed by atoms with E-state index < -0.39 is 0 Å². The molecule has 0 radical (unpaired) electrons. The van der Waals surface area contributed by atoms with E-state index in [1.807, 2.05) is 19.1 Å². The molecule has 1 aromatic rings. The largest absolute Gasteiger partial charge is 0.508 e. The van der Waals surface area contributed by atoms with Crippen molar-refractivity contribution in [2.75, 3.05) is 0 Å². The average molecular weight is 220 g/mol. The standard InChI is InChI=1S/C14H20O2/c1-4-14(5-2)7-6-11-12(15)8-10(3)9-13(11)16-14/h8-9,15H,4-7H2,1-3H3. The van der Waals surface area contributed by atoms with E-state index in [0.717, 1.165) is 42.6 Å². The van der Waals surface area contributed by atoms with E-state index in [2.05, 4.69) is 13.8 Å². The van der Waals surface area contributed by atoms with Crippen LogP contribution in [0.15, 0.2) is 12.1 Å². The third-order valence-corrected chi connectivity index (χ3v) is 3.78. The number of phenolic OH excluding ortho intramolecular Hbond substituents is 1. The number of aryl methyl sites for hydroxylation is 1. The predicted octanol–water partition coefficient (Wildman–Crippen LogP) is 3.58. The fraction of sp³-hybridized carbons (Fsp3) is 0.571. The van der Waals surface area contributed by atoms with Crippen LogP contribution < -0.4 is 4.74 Å². The van der Waals surface area contributed by atoms with Crippen LogP contribution in [0.3, 0.4) is 0 Å². The molecule has 16 heavy (non-hydrogen) atoms. The molecule has 0 aliphatic carbocycles. The first-order valence-electron chi connectivity index (χ1n) is 6.11. The van der Waals surface area contributed by atoms with Crippen LogP contribution in [0, 0.1) is 6.92 Å². The maximum Gasteiger partial charge on any atom is 0.127 e. The number of hydrogen-bond donors (Lipinski definition) is 1. The topological polar surface area (TPSA) is 29.5 Å². The van der Waals surface area contributed by atoms with Crippen LogP contribution in [0.1, 0.15) is 44.2 Å². The summed E-state index contributed by atoms with van der Waals surface area (Å²) in [7, 11) is 0. The highest BCUT2D eigenvalue weighted by atomic mass is 16.5. The Balaban J connectivity index is 2.40. The third kappa shape index (κ3) is 1.77. The van der Waals surface area contributed by atoms with Gasteiger partial charge in [0.05, 0.1) is 0 Å². The summed E-state index contributed by atoms with van der Waals surface area (Å²) in [5, 5.41) is 9.87. The summed E-state index contributed by atoms with van der Waals surface area (Å²) in [6.07, 6.45) is 3.97. The lowest BCUT2D eigenvalue weighted by molar-refractivity contribution is 0.0376. The zero-order valence-corrected chi connectivity index (χ0v) is 10.3. The zero-order valence-electron chi connectivity index (χ0n) is 10.3. The minimum Gasteiger partial charge on any atom is -0.508 e. The molecule has 0 amide bonds. The van der Waals surface area contributed by atoms with E-state index in [0.29, 0.717) is 5.75 Å². The molecule has 0 unspecified atom stereocenters. The van der Waals surface area contributed by atoms with Crippen molar-refractivity contribution >= 4 is 0 Å². The van der Waals surface area contributed by atoms with Crippen molar-refractivity contribution in [3.63, 3.8) is 0 Å². The molecule has 0 aromatic heterocycles. The van der Waals surface area contributed by atoms with Crippen molar-refractivity contribution < 1.29 is 9.84 Å².